The van der Waals surface area contributed by atoms with Crippen LogP contribution in [0, 0.1) is 0 Å². The van der Waals surface area contributed by atoms with Crippen LogP contribution in [-0.4, -0.2) is 39.5 Å². The highest BCUT2D eigenvalue weighted by atomic mass is 16.5. The molecule has 0 aliphatic heterocycles. The highest BCUT2D eigenvalue weighted by Crippen LogP contribution is 2.14. The van der Waals surface area contributed by atoms with Gasteiger partial charge in [-0.15, -0.1) is 5.10 Å². The predicted molar refractivity (Wildman–Crippen MR) is 105 cm³/mol. The van der Waals surface area contributed by atoms with E-state index in [1.807, 2.05) is 0 Å². The van der Waals surface area contributed by atoms with Crippen molar-refractivity contribution in [1.29, 1.82) is 0 Å². The molecule has 1 aromatic carbocycles. The summed E-state index contributed by atoms with van der Waals surface area (Å²) >= 11 is 0. The Kier molecular flexibility index (Phi) is 5.72. The molecule has 3 aromatic rings. The Labute approximate surface area is 165 Å². The molecule has 1 N–H and O–H groups in total. The van der Waals surface area contributed by atoms with Gasteiger partial charge in [-0.05, 0) is 29.8 Å². The lowest BCUT2D eigenvalue weighted by Crippen LogP contribution is -2.41. The summed E-state index contributed by atoms with van der Waals surface area (Å²) in [7, 11) is 2.79. The third-order valence-electron chi connectivity index (χ3n) is 3.98. The maximum atomic E-state index is 13.0. The zero-order valence-electron chi connectivity index (χ0n) is 16.1. The lowest BCUT2D eigenvalue weighted by molar-refractivity contribution is -0.114. The molecule has 29 heavy (non-hydrogen) atoms. The fraction of sp³-hybridized carbons (Fsp3) is 0.211. The van der Waals surface area contributed by atoms with E-state index in [-0.39, 0.29) is 18.3 Å². The Morgan fingerprint density at radius 1 is 1.14 bits per heavy atom. The minimum absolute atomic E-state index is 0.0495. The van der Waals surface area contributed by atoms with Gasteiger partial charge in [0.05, 0.1) is 32.6 Å². The van der Waals surface area contributed by atoms with Crippen LogP contribution in [0.1, 0.15) is 12.5 Å². The van der Waals surface area contributed by atoms with E-state index in [2.05, 4.69) is 15.4 Å². The van der Waals surface area contributed by atoms with Crippen molar-refractivity contribution >= 4 is 11.6 Å². The van der Waals surface area contributed by atoms with Crippen molar-refractivity contribution < 1.29 is 14.3 Å². The summed E-state index contributed by atoms with van der Waals surface area (Å²) in [6.45, 7) is 1.33. The molecule has 0 radical (unpaired) electrons. The van der Waals surface area contributed by atoms with Crippen molar-refractivity contribution in [2.24, 2.45) is 0 Å². The smallest absolute Gasteiger partial charge is 0.352 e. The van der Waals surface area contributed by atoms with Crippen LogP contribution in [-0.2, 0) is 11.3 Å². The number of amides is 1. The van der Waals surface area contributed by atoms with E-state index < -0.39 is 11.2 Å². The molecule has 3 rings (SSSR count). The van der Waals surface area contributed by atoms with Gasteiger partial charge in [-0.25, -0.2) is 9.36 Å². The highest BCUT2D eigenvalue weighted by Gasteiger charge is 2.16. The fourth-order valence-corrected chi connectivity index (χ4v) is 2.69. The minimum Gasteiger partial charge on any atom is -0.495 e. The van der Waals surface area contributed by atoms with E-state index in [0.29, 0.717) is 22.7 Å². The third kappa shape index (κ3) is 4.32. The number of hydrogen-bond acceptors (Lipinski definition) is 7. The number of aromatic nitrogens is 4. The molecule has 0 saturated carbocycles. The Bertz CT molecular complexity index is 1170. The average Bonchev–Trinajstić information content (AvgIpc) is 2.71. The molecular weight excluding hydrogens is 378 g/mol. The highest BCUT2D eigenvalue weighted by molar-refractivity contribution is 5.88. The van der Waals surface area contributed by atoms with E-state index in [0.717, 1.165) is 9.25 Å². The Morgan fingerprint density at radius 2 is 1.93 bits per heavy atom. The van der Waals surface area contributed by atoms with E-state index in [4.69, 9.17) is 9.47 Å². The molecule has 0 saturated heterocycles. The lowest BCUT2D eigenvalue weighted by atomic mass is 10.2. The molecule has 0 unspecified atom stereocenters. The molecule has 2 aromatic heterocycles. The quantitative estimate of drug-likeness (QED) is 0.654. The summed E-state index contributed by atoms with van der Waals surface area (Å²) in [5.41, 5.74) is 0.0954. The predicted octanol–water partition coefficient (Wildman–Crippen LogP) is 0.813. The van der Waals surface area contributed by atoms with Crippen molar-refractivity contribution in [2.75, 3.05) is 19.5 Å². The number of nitrogens with one attached hydrogen (secondary N) is 1. The van der Waals surface area contributed by atoms with E-state index >= 15 is 0 Å². The number of anilines is 1. The molecule has 10 nitrogen and oxygen atoms in total. The second-order valence-corrected chi connectivity index (χ2v) is 6.06. The average molecular weight is 397 g/mol. The number of pyridine rings is 1. The monoisotopic (exact) mass is 397 g/mol. The van der Waals surface area contributed by atoms with E-state index in [9.17, 15) is 14.4 Å². The molecule has 2 heterocycles. The van der Waals surface area contributed by atoms with Crippen LogP contribution in [0.15, 0.2) is 52.3 Å². The van der Waals surface area contributed by atoms with Crippen LogP contribution in [0.5, 0.6) is 11.6 Å². The SMILES string of the molecule is COc1cncc(Cn2c(=O)c(OC)nn(-c3cccc(NC(C)=O)c3)c2=O)c1. The zero-order chi connectivity index (χ0) is 21.0. The van der Waals surface area contributed by atoms with Gasteiger partial charge >= 0.3 is 11.2 Å². The van der Waals surface area contributed by atoms with Crippen LogP contribution < -0.4 is 26.0 Å². The molecule has 0 bridgehead atoms. The number of rotatable bonds is 6. The first-order valence-electron chi connectivity index (χ1n) is 8.57. The van der Waals surface area contributed by atoms with Gasteiger partial charge in [0.2, 0.25) is 5.91 Å². The summed E-state index contributed by atoms with van der Waals surface area (Å²) in [6.07, 6.45) is 3.05. The van der Waals surface area contributed by atoms with Gasteiger partial charge in [0.1, 0.15) is 5.75 Å². The number of benzene rings is 1. The first-order chi connectivity index (χ1) is 13.9. The topological polar surface area (TPSA) is 117 Å². The molecule has 0 atom stereocenters. The van der Waals surface area contributed by atoms with Gasteiger partial charge in [-0.3, -0.25) is 14.6 Å². The molecule has 0 spiro atoms. The minimum atomic E-state index is -0.672. The molecule has 0 fully saturated rings. The van der Waals surface area contributed by atoms with Crippen molar-refractivity contribution in [3.05, 3.63) is 69.1 Å². The number of hydrogen-bond donors (Lipinski definition) is 1. The molecular formula is C19H19N5O5. The number of nitrogens with zero attached hydrogens (tertiary/aromatic N) is 4. The molecule has 1 amide bonds. The molecule has 150 valence electrons. The first kappa shape index (κ1) is 19.8. The van der Waals surface area contributed by atoms with Gasteiger partial charge in [0.15, 0.2) is 0 Å². The summed E-state index contributed by atoms with van der Waals surface area (Å²) < 4.78 is 12.2. The Hall–Kier alpha value is -3.95. The van der Waals surface area contributed by atoms with Gasteiger partial charge in [-0.1, -0.05) is 6.07 Å². The van der Waals surface area contributed by atoms with Gasteiger partial charge in [-0.2, -0.15) is 4.68 Å². The molecule has 0 aliphatic rings. The van der Waals surface area contributed by atoms with Gasteiger partial charge in [0.25, 0.3) is 5.88 Å². The van der Waals surface area contributed by atoms with Crippen molar-refractivity contribution in [1.82, 2.24) is 19.3 Å². The summed E-state index contributed by atoms with van der Waals surface area (Å²) in [4.78, 5) is 41.0. The third-order valence-corrected chi connectivity index (χ3v) is 3.98. The number of carbonyl (C=O) groups excluding carboxylic acids is 1. The van der Waals surface area contributed by atoms with Crippen LogP contribution in [0.25, 0.3) is 5.69 Å². The fourth-order valence-electron chi connectivity index (χ4n) is 2.69. The van der Waals surface area contributed by atoms with Crippen molar-refractivity contribution in [3.8, 4) is 17.3 Å². The number of ether oxygens (including phenoxy) is 2. The second kappa shape index (κ2) is 8.38. The van der Waals surface area contributed by atoms with Crippen LogP contribution in [0.2, 0.25) is 0 Å². The molecule has 0 aliphatic carbocycles. The maximum absolute atomic E-state index is 13.0. The van der Waals surface area contributed by atoms with Crippen molar-refractivity contribution in [3.63, 3.8) is 0 Å². The van der Waals surface area contributed by atoms with E-state index in [1.54, 1.807) is 30.3 Å². The molecule has 10 heteroatoms. The lowest BCUT2D eigenvalue weighted by Gasteiger charge is -2.12. The van der Waals surface area contributed by atoms with Crippen molar-refractivity contribution in [2.45, 2.75) is 13.5 Å². The standard InChI is InChI=1S/C19H19N5O5/c1-12(25)21-14-5-4-6-15(8-14)24-19(27)23(18(26)17(22-24)29-3)11-13-7-16(28-2)10-20-9-13/h4-10H,11H2,1-3H3,(H,21,25). The Morgan fingerprint density at radius 3 is 2.62 bits per heavy atom. The summed E-state index contributed by atoms with van der Waals surface area (Å²) in [5.74, 6) is 0.000760. The van der Waals surface area contributed by atoms with Gasteiger partial charge in [0, 0.05) is 18.8 Å². The zero-order valence-corrected chi connectivity index (χ0v) is 16.1. The second-order valence-electron chi connectivity index (χ2n) is 6.06. The van der Waals surface area contributed by atoms with Crippen LogP contribution in [0.3, 0.4) is 0 Å². The maximum Gasteiger partial charge on any atom is 0.352 e. The van der Waals surface area contributed by atoms with Crippen LogP contribution in [0.4, 0.5) is 5.69 Å². The normalized spacial score (nSPS) is 10.4. The summed E-state index contributed by atoms with van der Waals surface area (Å²) in [6, 6.07) is 8.19. The Balaban J connectivity index is 2.12. The van der Waals surface area contributed by atoms with Gasteiger partial charge < -0.3 is 14.8 Å². The number of methoxy groups -OCH3 is 2. The van der Waals surface area contributed by atoms with E-state index in [1.165, 1.54) is 33.5 Å². The largest absolute Gasteiger partial charge is 0.495 e. The van der Waals surface area contributed by atoms with Crippen LogP contribution >= 0.6 is 0 Å². The summed E-state index contributed by atoms with van der Waals surface area (Å²) in [5, 5.41) is 6.65. The first-order valence-corrected chi connectivity index (χ1v) is 8.57. The number of carbonyl (C=O) groups is 1.